The lowest BCUT2D eigenvalue weighted by atomic mass is 10.2. The van der Waals surface area contributed by atoms with E-state index >= 15 is 0 Å². The van der Waals surface area contributed by atoms with Crippen LogP contribution in [0.3, 0.4) is 0 Å². The smallest absolute Gasteiger partial charge is 0.315 e. The number of carboxylic acids is 1. The molecule has 0 aromatic carbocycles. The van der Waals surface area contributed by atoms with Crippen LogP contribution >= 0.6 is 0 Å². The van der Waals surface area contributed by atoms with Crippen LogP contribution in [0, 0.1) is 0 Å². The first-order valence-corrected chi connectivity index (χ1v) is 6.29. The average molecular weight is 268 g/mol. The van der Waals surface area contributed by atoms with Gasteiger partial charge in [0.05, 0.1) is 6.20 Å². The largest absolute Gasteiger partial charge is 0.481 e. The van der Waals surface area contributed by atoms with Gasteiger partial charge in [-0.1, -0.05) is 6.42 Å². The Morgan fingerprint density at radius 1 is 1.32 bits per heavy atom. The second-order valence-corrected chi connectivity index (χ2v) is 4.34. The summed E-state index contributed by atoms with van der Waals surface area (Å²) < 4.78 is 1.68. The second kappa shape index (κ2) is 8.12. The van der Waals surface area contributed by atoms with Crippen molar-refractivity contribution in [1.29, 1.82) is 0 Å². The zero-order chi connectivity index (χ0) is 14.1. The van der Waals surface area contributed by atoms with Crippen LogP contribution in [-0.2, 0) is 18.4 Å². The number of nitrogens with one attached hydrogen (secondary N) is 2. The topological polar surface area (TPSA) is 96.2 Å². The fourth-order valence-electron chi connectivity index (χ4n) is 1.59. The summed E-state index contributed by atoms with van der Waals surface area (Å²) in [7, 11) is 1.82. The van der Waals surface area contributed by atoms with Crippen LogP contribution in [0.2, 0.25) is 0 Å². The van der Waals surface area contributed by atoms with Crippen LogP contribution in [0.1, 0.15) is 31.2 Å². The lowest BCUT2D eigenvalue weighted by Gasteiger charge is -2.06. The number of nitrogens with zero attached hydrogens (tertiary/aromatic N) is 2. The second-order valence-electron chi connectivity index (χ2n) is 4.34. The Labute approximate surface area is 112 Å². The summed E-state index contributed by atoms with van der Waals surface area (Å²) in [4.78, 5) is 21.7. The molecule has 0 aliphatic rings. The normalized spacial score (nSPS) is 10.2. The molecule has 0 saturated carbocycles. The monoisotopic (exact) mass is 268 g/mol. The van der Waals surface area contributed by atoms with Crippen molar-refractivity contribution in [2.45, 2.75) is 32.2 Å². The lowest BCUT2D eigenvalue weighted by Crippen LogP contribution is -2.35. The number of amides is 2. The van der Waals surface area contributed by atoms with Crippen molar-refractivity contribution in [2.24, 2.45) is 7.05 Å². The van der Waals surface area contributed by atoms with Gasteiger partial charge in [0.1, 0.15) is 0 Å². The molecule has 3 N–H and O–H groups in total. The molecular formula is C12H20N4O3. The van der Waals surface area contributed by atoms with Gasteiger partial charge in [-0.3, -0.25) is 9.48 Å². The summed E-state index contributed by atoms with van der Waals surface area (Å²) in [6.45, 7) is 0.997. The number of carboxylic acid groups (broad SMARTS) is 1. The molecule has 0 bridgehead atoms. The van der Waals surface area contributed by atoms with E-state index in [2.05, 4.69) is 15.7 Å². The van der Waals surface area contributed by atoms with Gasteiger partial charge in [-0.05, 0) is 12.8 Å². The van der Waals surface area contributed by atoms with Crippen molar-refractivity contribution in [3.8, 4) is 0 Å². The fraction of sp³-hybridized carbons (Fsp3) is 0.583. The third-order valence-corrected chi connectivity index (χ3v) is 2.56. The minimum atomic E-state index is -0.776. The van der Waals surface area contributed by atoms with Crippen LogP contribution in [0.5, 0.6) is 0 Å². The van der Waals surface area contributed by atoms with Crippen LogP contribution < -0.4 is 10.6 Å². The Hall–Kier alpha value is -2.05. The number of hydrogen-bond donors (Lipinski definition) is 3. The minimum Gasteiger partial charge on any atom is -0.481 e. The summed E-state index contributed by atoms with van der Waals surface area (Å²) in [5.74, 6) is -0.776. The van der Waals surface area contributed by atoms with E-state index in [-0.39, 0.29) is 12.5 Å². The van der Waals surface area contributed by atoms with Crippen LogP contribution in [0.15, 0.2) is 12.4 Å². The van der Waals surface area contributed by atoms with Gasteiger partial charge in [-0.2, -0.15) is 5.10 Å². The summed E-state index contributed by atoms with van der Waals surface area (Å²) in [6, 6.07) is -0.220. The quantitative estimate of drug-likeness (QED) is 0.609. The maximum atomic E-state index is 11.4. The van der Waals surface area contributed by atoms with E-state index in [9.17, 15) is 9.59 Å². The van der Waals surface area contributed by atoms with Gasteiger partial charge in [0.25, 0.3) is 0 Å². The molecule has 0 saturated heterocycles. The number of carbonyl (C=O) groups excluding carboxylic acids is 1. The van der Waals surface area contributed by atoms with Gasteiger partial charge in [0, 0.05) is 38.3 Å². The lowest BCUT2D eigenvalue weighted by molar-refractivity contribution is -0.137. The van der Waals surface area contributed by atoms with Crippen molar-refractivity contribution < 1.29 is 14.7 Å². The minimum absolute atomic E-state index is 0.188. The van der Waals surface area contributed by atoms with E-state index in [0.29, 0.717) is 19.5 Å². The molecule has 0 aliphatic carbocycles. The van der Waals surface area contributed by atoms with Crippen molar-refractivity contribution in [3.63, 3.8) is 0 Å². The van der Waals surface area contributed by atoms with Gasteiger partial charge in [0.15, 0.2) is 0 Å². The first-order valence-electron chi connectivity index (χ1n) is 6.29. The van der Waals surface area contributed by atoms with Crippen molar-refractivity contribution >= 4 is 12.0 Å². The predicted molar refractivity (Wildman–Crippen MR) is 69.6 cm³/mol. The highest BCUT2D eigenvalue weighted by Crippen LogP contribution is 1.98. The van der Waals surface area contributed by atoms with E-state index in [4.69, 9.17) is 5.11 Å². The Morgan fingerprint density at radius 3 is 2.74 bits per heavy atom. The zero-order valence-electron chi connectivity index (χ0n) is 11.1. The molecule has 106 valence electrons. The van der Waals surface area contributed by atoms with Gasteiger partial charge in [0.2, 0.25) is 0 Å². The standard InChI is InChI=1S/C12H20N4O3/c1-16-9-10(8-15-16)7-14-12(19)13-6-4-2-3-5-11(17)18/h8-9H,2-7H2,1H3,(H,17,18)(H2,13,14,19). The van der Waals surface area contributed by atoms with Gasteiger partial charge < -0.3 is 15.7 Å². The first-order chi connectivity index (χ1) is 9.08. The molecule has 1 heterocycles. The van der Waals surface area contributed by atoms with E-state index in [1.165, 1.54) is 0 Å². The molecule has 1 rings (SSSR count). The molecule has 0 fully saturated rings. The molecule has 0 aliphatic heterocycles. The van der Waals surface area contributed by atoms with E-state index in [0.717, 1.165) is 18.4 Å². The number of carbonyl (C=O) groups is 2. The molecule has 2 amide bonds. The van der Waals surface area contributed by atoms with Crippen LogP contribution in [0.25, 0.3) is 0 Å². The van der Waals surface area contributed by atoms with Crippen molar-refractivity contribution in [2.75, 3.05) is 6.54 Å². The Bertz CT molecular complexity index is 417. The summed E-state index contributed by atoms with van der Waals surface area (Å²) in [5, 5.41) is 17.9. The first kappa shape index (κ1) is 15.0. The number of aliphatic carboxylic acids is 1. The number of rotatable bonds is 8. The zero-order valence-corrected chi connectivity index (χ0v) is 11.1. The average Bonchev–Trinajstić information content (AvgIpc) is 2.76. The Kier molecular flexibility index (Phi) is 6.42. The van der Waals surface area contributed by atoms with Gasteiger partial charge in [-0.25, -0.2) is 4.79 Å². The molecule has 0 atom stereocenters. The number of hydrogen-bond acceptors (Lipinski definition) is 3. The van der Waals surface area contributed by atoms with Crippen molar-refractivity contribution in [3.05, 3.63) is 18.0 Å². The third-order valence-electron chi connectivity index (χ3n) is 2.56. The molecule has 19 heavy (non-hydrogen) atoms. The summed E-state index contributed by atoms with van der Waals surface area (Å²) in [6.07, 6.45) is 5.96. The maximum Gasteiger partial charge on any atom is 0.315 e. The van der Waals surface area contributed by atoms with E-state index < -0.39 is 5.97 Å². The molecule has 7 heteroatoms. The highest BCUT2D eigenvalue weighted by molar-refractivity contribution is 5.73. The Morgan fingerprint density at radius 2 is 2.11 bits per heavy atom. The number of aryl methyl sites for hydroxylation is 1. The molecule has 1 aromatic rings. The van der Waals surface area contributed by atoms with Crippen LogP contribution in [-0.4, -0.2) is 33.4 Å². The van der Waals surface area contributed by atoms with Crippen LogP contribution in [0.4, 0.5) is 4.79 Å². The third kappa shape index (κ3) is 7.07. The van der Waals surface area contributed by atoms with Gasteiger partial charge in [-0.15, -0.1) is 0 Å². The fourth-order valence-corrected chi connectivity index (χ4v) is 1.59. The number of unbranched alkanes of at least 4 members (excludes halogenated alkanes) is 2. The molecular weight excluding hydrogens is 248 g/mol. The van der Waals surface area contributed by atoms with E-state index in [1.807, 2.05) is 13.2 Å². The van der Waals surface area contributed by atoms with E-state index in [1.54, 1.807) is 10.9 Å². The summed E-state index contributed by atoms with van der Waals surface area (Å²) in [5.41, 5.74) is 0.944. The highest BCUT2D eigenvalue weighted by Gasteiger charge is 2.01. The highest BCUT2D eigenvalue weighted by atomic mass is 16.4. The predicted octanol–water partition coefficient (Wildman–Crippen LogP) is 0.864. The number of urea groups is 1. The van der Waals surface area contributed by atoms with Crippen molar-refractivity contribution in [1.82, 2.24) is 20.4 Å². The van der Waals surface area contributed by atoms with Gasteiger partial charge >= 0.3 is 12.0 Å². The molecule has 0 radical (unpaired) electrons. The summed E-state index contributed by atoms with van der Waals surface area (Å²) >= 11 is 0. The molecule has 7 nitrogen and oxygen atoms in total. The number of aromatic nitrogens is 2. The molecule has 1 aromatic heterocycles. The molecule has 0 unspecified atom stereocenters. The molecule has 0 spiro atoms. The SMILES string of the molecule is Cn1cc(CNC(=O)NCCCCCC(=O)O)cn1. The maximum absolute atomic E-state index is 11.4. The Balaban J connectivity index is 2.00.